The zero-order valence-electron chi connectivity index (χ0n) is 12.0. The molecule has 0 fully saturated rings. The zero-order chi connectivity index (χ0) is 15.2. The number of nitrogens with zero attached hydrogens (tertiary/aromatic N) is 1. The molecule has 1 rings (SSSR count). The van der Waals surface area contributed by atoms with Crippen molar-refractivity contribution in [2.75, 3.05) is 6.61 Å². The average molecular weight is 342 g/mol. The first-order valence-corrected chi connectivity index (χ1v) is 7.22. The van der Waals surface area contributed by atoms with Crippen molar-refractivity contribution in [3.63, 3.8) is 0 Å². The van der Waals surface area contributed by atoms with E-state index in [0.29, 0.717) is 6.42 Å². The Hall–Kier alpha value is -1.20. The summed E-state index contributed by atoms with van der Waals surface area (Å²) in [6, 6.07) is 7.81. The van der Waals surface area contributed by atoms with Crippen molar-refractivity contribution >= 4 is 28.2 Å². The van der Waals surface area contributed by atoms with Crippen LogP contribution in [0, 0.1) is 5.92 Å². The van der Waals surface area contributed by atoms with Crippen LogP contribution in [-0.4, -0.2) is 29.6 Å². The summed E-state index contributed by atoms with van der Waals surface area (Å²) in [6.07, 6.45) is 1.43. The predicted molar refractivity (Wildman–Crippen MR) is 83.1 cm³/mol. The topological polar surface area (TPSA) is 58.9 Å². The number of ether oxygens (including phenoxy) is 1. The van der Waals surface area contributed by atoms with E-state index in [1.807, 2.05) is 24.3 Å². The lowest BCUT2D eigenvalue weighted by atomic mass is 10.0. The molecule has 0 saturated carbocycles. The van der Waals surface area contributed by atoms with E-state index >= 15 is 0 Å². The van der Waals surface area contributed by atoms with Crippen LogP contribution >= 0.6 is 15.9 Å². The van der Waals surface area contributed by atoms with Gasteiger partial charge in [0.25, 0.3) is 0 Å². The number of hydrogen-bond acceptors (Lipinski definition) is 3. The molecule has 0 aliphatic carbocycles. The van der Waals surface area contributed by atoms with Crippen molar-refractivity contribution in [1.29, 1.82) is 0 Å². The molecule has 0 heterocycles. The number of halogens is 1. The van der Waals surface area contributed by atoms with Crippen LogP contribution < -0.4 is 0 Å². The van der Waals surface area contributed by atoms with Crippen LogP contribution in [-0.2, 0) is 11.2 Å². The number of amides is 1. The van der Waals surface area contributed by atoms with Crippen LogP contribution in [0.5, 0.6) is 0 Å². The lowest BCUT2D eigenvalue weighted by molar-refractivity contribution is 0.0604. The number of rotatable bonds is 4. The van der Waals surface area contributed by atoms with E-state index in [9.17, 15) is 9.90 Å². The molecule has 1 atom stereocenters. The van der Waals surface area contributed by atoms with E-state index in [1.54, 1.807) is 20.8 Å². The summed E-state index contributed by atoms with van der Waals surface area (Å²) in [7, 11) is 0. The molecule has 110 valence electrons. The van der Waals surface area contributed by atoms with Crippen LogP contribution in [0.1, 0.15) is 26.3 Å². The number of aliphatic hydroxyl groups is 1. The molecule has 1 amide bonds. The third kappa shape index (κ3) is 6.82. The lowest BCUT2D eigenvalue weighted by Gasteiger charge is -2.17. The molecular weight excluding hydrogens is 322 g/mol. The number of carbonyl (C=O) groups excluding carboxylic acids is 1. The molecule has 0 saturated heterocycles. The number of aliphatic imine (C=N–C) groups is 1. The summed E-state index contributed by atoms with van der Waals surface area (Å²) in [5.41, 5.74) is 0.502. The summed E-state index contributed by atoms with van der Waals surface area (Å²) >= 11 is 3.40. The van der Waals surface area contributed by atoms with Crippen LogP contribution in [0.15, 0.2) is 33.7 Å². The largest absolute Gasteiger partial charge is 0.442 e. The van der Waals surface area contributed by atoms with Gasteiger partial charge in [0, 0.05) is 16.6 Å². The van der Waals surface area contributed by atoms with E-state index in [4.69, 9.17) is 4.74 Å². The van der Waals surface area contributed by atoms with Gasteiger partial charge in [0.05, 0.1) is 6.61 Å². The fourth-order valence-corrected chi connectivity index (χ4v) is 2.03. The third-order valence-corrected chi connectivity index (χ3v) is 2.90. The van der Waals surface area contributed by atoms with Crippen molar-refractivity contribution in [2.45, 2.75) is 32.8 Å². The van der Waals surface area contributed by atoms with Gasteiger partial charge in [-0.25, -0.2) is 4.79 Å². The van der Waals surface area contributed by atoms with Crippen molar-refractivity contribution in [1.82, 2.24) is 0 Å². The Kier molecular flexibility index (Phi) is 6.36. The molecule has 4 nitrogen and oxygen atoms in total. The van der Waals surface area contributed by atoms with E-state index < -0.39 is 11.7 Å². The van der Waals surface area contributed by atoms with Gasteiger partial charge in [0.15, 0.2) is 0 Å². The fraction of sp³-hybridized carbons (Fsp3) is 0.467. The van der Waals surface area contributed by atoms with Gasteiger partial charge in [-0.3, -0.25) is 0 Å². The van der Waals surface area contributed by atoms with E-state index in [2.05, 4.69) is 20.9 Å². The second-order valence-corrected chi connectivity index (χ2v) is 6.45. The van der Waals surface area contributed by atoms with Gasteiger partial charge < -0.3 is 9.84 Å². The quantitative estimate of drug-likeness (QED) is 0.851. The minimum absolute atomic E-state index is 0.0706. The molecule has 5 heteroatoms. The van der Waals surface area contributed by atoms with Gasteiger partial charge in [-0.15, -0.1) is 0 Å². The van der Waals surface area contributed by atoms with Crippen LogP contribution in [0.4, 0.5) is 4.79 Å². The standard InChI is InChI=1S/C15H20BrNO3/c1-15(2,3)20-14(19)17-9-12(10-18)7-11-5-4-6-13(16)8-11/h4-6,8-9,12,18H,7,10H2,1-3H3/b17-9+. The predicted octanol–water partition coefficient (Wildman–Crippen LogP) is 3.61. The Bertz CT molecular complexity index is 480. The summed E-state index contributed by atoms with van der Waals surface area (Å²) in [5.74, 6) is -0.211. The van der Waals surface area contributed by atoms with Gasteiger partial charge in [-0.2, -0.15) is 4.99 Å². The van der Waals surface area contributed by atoms with Gasteiger partial charge in [0.2, 0.25) is 0 Å². The Balaban J connectivity index is 2.61. The van der Waals surface area contributed by atoms with Crippen molar-refractivity contribution in [3.05, 3.63) is 34.3 Å². The molecule has 0 aliphatic rings. The molecule has 1 aromatic carbocycles. The molecule has 1 aromatic rings. The Labute approximate surface area is 128 Å². The maximum absolute atomic E-state index is 11.5. The third-order valence-electron chi connectivity index (χ3n) is 2.41. The molecule has 20 heavy (non-hydrogen) atoms. The summed E-state index contributed by atoms with van der Waals surface area (Å²) in [5, 5.41) is 9.35. The highest BCUT2D eigenvalue weighted by Gasteiger charge is 2.15. The average Bonchev–Trinajstić information content (AvgIpc) is 2.32. The molecule has 0 spiro atoms. The Morgan fingerprint density at radius 2 is 2.20 bits per heavy atom. The highest BCUT2D eigenvalue weighted by molar-refractivity contribution is 9.10. The smallest absolute Gasteiger partial charge is 0.433 e. The highest BCUT2D eigenvalue weighted by Crippen LogP contribution is 2.15. The first-order valence-electron chi connectivity index (χ1n) is 6.42. The van der Waals surface area contributed by atoms with Crippen molar-refractivity contribution in [2.24, 2.45) is 10.9 Å². The number of aliphatic hydroxyl groups excluding tert-OH is 1. The summed E-state index contributed by atoms with van der Waals surface area (Å²) < 4.78 is 6.06. The number of benzene rings is 1. The molecule has 0 aromatic heterocycles. The summed E-state index contributed by atoms with van der Waals surface area (Å²) in [4.78, 5) is 15.2. The maximum atomic E-state index is 11.5. The zero-order valence-corrected chi connectivity index (χ0v) is 13.6. The van der Waals surface area contributed by atoms with Gasteiger partial charge in [0.1, 0.15) is 5.60 Å². The Morgan fingerprint density at radius 1 is 1.50 bits per heavy atom. The van der Waals surface area contributed by atoms with Gasteiger partial charge in [-0.05, 0) is 44.9 Å². The molecular formula is C15H20BrNO3. The first-order chi connectivity index (χ1) is 9.30. The molecule has 0 radical (unpaired) electrons. The Morgan fingerprint density at radius 3 is 2.75 bits per heavy atom. The second kappa shape index (κ2) is 7.55. The number of carbonyl (C=O) groups is 1. The van der Waals surface area contributed by atoms with Crippen LogP contribution in [0.2, 0.25) is 0 Å². The second-order valence-electron chi connectivity index (χ2n) is 5.54. The minimum Gasteiger partial charge on any atom is -0.442 e. The molecule has 0 bridgehead atoms. The van der Waals surface area contributed by atoms with E-state index in [0.717, 1.165) is 10.0 Å². The molecule has 1 N–H and O–H groups in total. The lowest BCUT2D eigenvalue weighted by Crippen LogP contribution is -2.22. The van der Waals surface area contributed by atoms with Crippen LogP contribution in [0.25, 0.3) is 0 Å². The maximum Gasteiger partial charge on any atom is 0.433 e. The normalized spacial score (nSPS) is 13.4. The minimum atomic E-state index is -0.634. The number of hydrogen-bond donors (Lipinski definition) is 1. The van der Waals surface area contributed by atoms with Gasteiger partial charge >= 0.3 is 6.09 Å². The molecule has 1 unspecified atom stereocenters. The van der Waals surface area contributed by atoms with Crippen LogP contribution in [0.3, 0.4) is 0 Å². The molecule has 0 aliphatic heterocycles. The SMILES string of the molecule is CC(C)(C)OC(=O)/N=C/C(CO)Cc1cccc(Br)c1. The monoisotopic (exact) mass is 341 g/mol. The van der Waals surface area contributed by atoms with Crippen molar-refractivity contribution < 1.29 is 14.6 Å². The van der Waals surface area contributed by atoms with E-state index in [-0.39, 0.29) is 12.5 Å². The first kappa shape index (κ1) is 16.9. The van der Waals surface area contributed by atoms with E-state index in [1.165, 1.54) is 6.21 Å². The van der Waals surface area contributed by atoms with Gasteiger partial charge in [-0.1, -0.05) is 28.1 Å². The van der Waals surface area contributed by atoms with Crippen molar-refractivity contribution in [3.8, 4) is 0 Å². The fourth-order valence-electron chi connectivity index (χ4n) is 1.59. The summed E-state index contributed by atoms with van der Waals surface area (Å²) in [6.45, 7) is 5.28. The highest BCUT2D eigenvalue weighted by atomic mass is 79.9.